The topological polar surface area (TPSA) is 46.9 Å². The molecule has 4 nitrogen and oxygen atoms in total. The maximum absolute atomic E-state index is 11.0. The van der Waals surface area contributed by atoms with Gasteiger partial charge in [-0.15, -0.1) is 0 Å². The van der Waals surface area contributed by atoms with Gasteiger partial charge < -0.3 is 9.88 Å². The number of aromatic nitrogens is 2. The second-order valence-corrected chi connectivity index (χ2v) is 3.38. The molecule has 1 rings (SSSR count). The summed E-state index contributed by atoms with van der Waals surface area (Å²) in [6.45, 7) is 1.43. The summed E-state index contributed by atoms with van der Waals surface area (Å²) in [5.41, 5.74) is 0. The van der Waals surface area contributed by atoms with Crippen LogP contribution in [0, 0.1) is 0 Å². The van der Waals surface area contributed by atoms with Gasteiger partial charge in [0.1, 0.15) is 0 Å². The van der Waals surface area contributed by atoms with E-state index < -0.39 is 0 Å². The van der Waals surface area contributed by atoms with E-state index in [1.165, 1.54) is 0 Å². The van der Waals surface area contributed by atoms with Crippen LogP contribution < -0.4 is 5.32 Å². The number of carbonyl (C=O) groups excluding carboxylic acids is 1. The summed E-state index contributed by atoms with van der Waals surface area (Å²) in [5.74, 6) is 0.0805. The van der Waals surface area contributed by atoms with Crippen LogP contribution in [0.5, 0.6) is 0 Å². The maximum atomic E-state index is 11.0. The number of hydrogen-bond donors (Lipinski definition) is 1. The molecule has 0 atom stereocenters. The molecular weight excluding hydrogens is 234 g/mol. The Kier molecular flexibility index (Phi) is 4.53. The lowest BCUT2D eigenvalue weighted by Crippen LogP contribution is -2.26. The molecule has 72 valence electrons. The van der Waals surface area contributed by atoms with Gasteiger partial charge in [-0.3, -0.25) is 4.79 Å². The van der Waals surface area contributed by atoms with Crippen LogP contribution in [-0.2, 0) is 11.3 Å². The van der Waals surface area contributed by atoms with E-state index >= 15 is 0 Å². The van der Waals surface area contributed by atoms with Crippen molar-refractivity contribution in [1.29, 1.82) is 0 Å². The summed E-state index contributed by atoms with van der Waals surface area (Å²) in [6.07, 6.45) is 5.86. The average Bonchev–Trinajstić information content (AvgIpc) is 2.57. The molecule has 1 N–H and O–H groups in total. The summed E-state index contributed by atoms with van der Waals surface area (Å²) in [5, 5.41) is 3.52. The molecular formula is C8H12BrN3O. The summed E-state index contributed by atoms with van der Waals surface area (Å²) in [4.78, 5) is 14.9. The molecule has 0 aliphatic rings. The number of amides is 1. The predicted octanol–water partition coefficient (Wildman–Crippen LogP) is 0.784. The van der Waals surface area contributed by atoms with E-state index in [1.54, 1.807) is 12.5 Å². The Balaban J connectivity index is 2.11. The van der Waals surface area contributed by atoms with E-state index in [9.17, 15) is 4.79 Å². The molecule has 0 unspecified atom stereocenters. The van der Waals surface area contributed by atoms with Crippen LogP contribution in [0.3, 0.4) is 0 Å². The van der Waals surface area contributed by atoms with E-state index in [0.717, 1.165) is 6.54 Å². The maximum Gasteiger partial charge on any atom is 0.220 e. The van der Waals surface area contributed by atoms with Crippen LogP contribution in [0.4, 0.5) is 0 Å². The fourth-order valence-electron chi connectivity index (χ4n) is 0.918. The predicted molar refractivity (Wildman–Crippen MR) is 53.6 cm³/mol. The largest absolute Gasteiger partial charge is 0.354 e. The molecule has 0 bridgehead atoms. The molecule has 0 saturated carbocycles. The van der Waals surface area contributed by atoms with Crippen molar-refractivity contribution in [2.75, 3.05) is 11.9 Å². The quantitative estimate of drug-likeness (QED) is 0.780. The zero-order chi connectivity index (χ0) is 9.52. The van der Waals surface area contributed by atoms with Crippen molar-refractivity contribution in [3.8, 4) is 0 Å². The monoisotopic (exact) mass is 245 g/mol. The SMILES string of the molecule is O=C(CCBr)NCCn1ccnc1. The number of nitrogens with zero attached hydrogens (tertiary/aromatic N) is 2. The fourth-order valence-corrected chi connectivity index (χ4v) is 1.28. The molecule has 0 aliphatic heterocycles. The second-order valence-electron chi connectivity index (χ2n) is 2.59. The molecule has 1 heterocycles. The van der Waals surface area contributed by atoms with Crippen LogP contribution in [0.15, 0.2) is 18.7 Å². The molecule has 0 fully saturated rings. The van der Waals surface area contributed by atoms with Crippen LogP contribution in [0.2, 0.25) is 0 Å². The van der Waals surface area contributed by atoms with Crippen molar-refractivity contribution in [2.24, 2.45) is 0 Å². The summed E-state index contributed by atoms with van der Waals surface area (Å²) < 4.78 is 1.93. The Labute approximate surface area is 85.5 Å². The Morgan fingerprint density at radius 3 is 3.08 bits per heavy atom. The van der Waals surface area contributed by atoms with Crippen LogP contribution >= 0.6 is 15.9 Å². The number of nitrogens with one attached hydrogen (secondary N) is 1. The van der Waals surface area contributed by atoms with Gasteiger partial charge in [-0.1, -0.05) is 15.9 Å². The highest BCUT2D eigenvalue weighted by atomic mass is 79.9. The lowest BCUT2D eigenvalue weighted by atomic mass is 10.4. The van der Waals surface area contributed by atoms with Crippen molar-refractivity contribution in [3.05, 3.63) is 18.7 Å². The first-order valence-corrected chi connectivity index (χ1v) is 5.23. The molecule has 5 heteroatoms. The van der Waals surface area contributed by atoms with Crippen LogP contribution in [0.1, 0.15) is 6.42 Å². The molecule has 0 aromatic carbocycles. The minimum Gasteiger partial charge on any atom is -0.354 e. The van der Waals surface area contributed by atoms with Gasteiger partial charge >= 0.3 is 0 Å². The minimum absolute atomic E-state index is 0.0805. The van der Waals surface area contributed by atoms with E-state index in [0.29, 0.717) is 18.3 Å². The van der Waals surface area contributed by atoms with Gasteiger partial charge in [0, 0.05) is 37.2 Å². The van der Waals surface area contributed by atoms with Gasteiger partial charge in [-0.2, -0.15) is 0 Å². The van der Waals surface area contributed by atoms with E-state index in [4.69, 9.17) is 0 Å². The molecule has 1 aromatic heterocycles. The highest BCUT2D eigenvalue weighted by molar-refractivity contribution is 9.09. The van der Waals surface area contributed by atoms with E-state index in [-0.39, 0.29) is 5.91 Å². The Hall–Kier alpha value is -0.840. The molecule has 0 radical (unpaired) electrons. The Morgan fingerprint density at radius 2 is 2.46 bits per heavy atom. The van der Waals surface area contributed by atoms with Crippen LogP contribution in [-0.4, -0.2) is 27.3 Å². The minimum atomic E-state index is 0.0805. The number of carbonyl (C=O) groups is 1. The molecule has 13 heavy (non-hydrogen) atoms. The van der Waals surface area contributed by atoms with Gasteiger partial charge in [0.25, 0.3) is 0 Å². The van der Waals surface area contributed by atoms with Crippen molar-refractivity contribution >= 4 is 21.8 Å². The third-order valence-corrected chi connectivity index (χ3v) is 1.97. The average molecular weight is 246 g/mol. The van der Waals surface area contributed by atoms with Crippen LogP contribution in [0.25, 0.3) is 0 Å². The zero-order valence-electron chi connectivity index (χ0n) is 7.24. The number of imidazole rings is 1. The van der Waals surface area contributed by atoms with Gasteiger partial charge in [0.05, 0.1) is 6.33 Å². The molecule has 0 aliphatic carbocycles. The second kappa shape index (κ2) is 5.75. The third kappa shape index (κ3) is 4.07. The van der Waals surface area contributed by atoms with E-state index in [1.807, 2.05) is 10.8 Å². The summed E-state index contributed by atoms with van der Waals surface area (Å²) in [6, 6.07) is 0. The Morgan fingerprint density at radius 1 is 1.62 bits per heavy atom. The summed E-state index contributed by atoms with van der Waals surface area (Å²) in [7, 11) is 0. The molecule has 1 amide bonds. The van der Waals surface area contributed by atoms with Gasteiger partial charge in [-0.25, -0.2) is 4.98 Å². The number of halogens is 1. The lowest BCUT2D eigenvalue weighted by molar-refractivity contribution is -0.120. The zero-order valence-corrected chi connectivity index (χ0v) is 8.83. The highest BCUT2D eigenvalue weighted by Gasteiger charge is 1.97. The number of rotatable bonds is 5. The summed E-state index contributed by atoms with van der Waals surface area (Å²) >= 11 is 3.20. The third-order valence-electron chi connectivity index (χ3n) is 1.57. The highest BCUT2D eigenvalue weighted by Crippen LogP contribution is 1.87. The molecule has 0 saturated heterocycles. The first kappa shape index (κ1) is 10.2. The standard InChI is InChI=1S/C8H12BrN3O/c9-2-1-8(13)11-4-6-12-5-3-10-7-12/h3,5,7H,1-2,4,6H2,(H,11,13). The van der Waals surface area contributed by atoms with Gasteiger partial charge in [-0.05, 0) is 0 Å². The van der Waals surface area contributed by atoms with Crippen molar-refractivity contribution in [2.45, 2.75) is 13.0 Å². The fraction of sp³-hybridized carbons (Fsp3) is 0.500. The van der Waals surface area contributed by atoms with Crippen molar-refractivity contribution in [1.82, 2.24) is 14.9 Å². The first-order chi connectivity index (χ1) is 6.33. The molecule has 1 aromatic rings. The lowest BCUT2D eigenvalue weighted by Gasteiger charge is -2.03. The molecule has 0 spiro atoms. The van der Waals surface area contributed by atoms with Gasteiger partial charge in [0.15, 0.2) is 0 Å². The van der Waals surface area contributed by atoms with Crippen molar-refractivity contribution < 1.29 is 4.79 Å². The van der Waals surface area contributed by atoms with Crippen molar-refractivity contribution in [3.63, 3.8) is 0 Å². The smallest absolute Gasteiger partial charge is 0.220 e. The number of hydrogen-bond acceptors (Lipinski definition) is 2. The number of alkyl halides is 1. The van der Waals surface area contributed by atoms with E-state index in [2.05, 4.69) is 26.2 Å². The van der Waals surface area contributed by atoms with Gasteiger partial charge in [0.2, 0.25) is 5.91 Å². The Bertz CT molecular complexity index is 248. The first-order valence-electron chi connectivity index (χ1n) is 4.11. The normalized spacial score (nSPS) is 9.92.